The minimum absolute atomic E-state index is 0.0127. The van der Waals surface area contributed by atoms with Crippen LogP contribution in [0.15, 0.2) is 47.5 Å². The molecule has 106 valence electrons. The average Bonchev–Trinajstić information content (AvgIpc) is 2.88. The Balaban J connectivity index is 1.99. The number of rotatable bonds is 5. The van der Waals surface area contributed by atoms with E-state index in [4.69, 9.17) is 0 Å². The van der Waals surface area contributed by atoms with Crippen molar-refractivity contribution in [2.45, 2.75) is 37.0 Å². The summed E-state index contributed by atoms with van der Waals surface area (Å²) >= 11 is 1.55. The van der Waals surface area contributed by atoms with Gasteiger partial charge in [0, 0.05) is 17.0 Å². The van der Waals surface area contributed by atoms with Gasteiger partial charge in [0.25, 0.3) is 0 Å². The van der Waals surface area contributed by atoms with Crippen molar-refractivity contribution < 1.29 is 4.79 Å². The van der Waals surface area contributed by atoms with E-state index in [1.165, 1.54) is 0 Å². The molecule has 0 bridgehead atoms. The predicted molar refractivity (Wildman–Crippen MR) is 83.0 cm³/mol. The minimum atomic E-state index is -0.159. The third-order valence-electron chi connectivity index (χ3n) is 2.84. The van der Waals surface area contributed by atoms with Gasteiger partial charge in [-0.15, -0.1) is 11.8 Å². The largest absolute Gasteiger partial charge is 0.310 e. The van der Waals surface area contributed by atoms with Gasteiger partial charge in [0.1, 0.15) is 5.82 Å². The van der Waals surface area contributed by atoms with Crippen molar-refractivity contribution in [2.75, 3.05) is 5.32 Å². The number of nitrogens with one attached hydrogen (secondary N) is 1. The Morgan fingerprint density at radius 3 is 2.55 bits per heavy atom. The monoisotopic (exact) mass is 289 g/mol. The van der Waals surface area contributed by atoms with Crippen LogP contribution in [-0.4, -0.2) is 20.9 Å². The van der Waals surface area contributed by atoms with Gasteiger partial charge in [-0.3, -0.25) is 4.79 Å². The molecule has 0 spiro atoms. The second kappa shape index (κ2) is 6.61. The van der Waals surface area contributed by atoms with Crippen molar-refractivity contribution in [3.63, 3.8) is 0 Å². The van der Waals surface area contributed by atoms with E-state index in [1.54, 1.807) is 22.6 Å². The zero-order valence-electron chi connectivity index (χ0n) is 11.9. The second-order valence-corrected chi connectivity index (χ2v) is 6.23. The van der Waals surface area contributed by atoms with E-state index < -0.39 is 0 Å². The first-order valence-corrected chi connectivity index (χ1v) is 7.52. The van der Waals surface area contributed by atoms with Crippen LogP contribution in [0, 0.1) is 0 Å². The number of carbonyl (C=O) groups excluding carboxylic acids is 1. The summed E-state index contributed by atoms with van der Waals surface area (Å²) < 4.78 is 1.80. The Labute approximate surface area is 123 Å². The van der Waals surface area contributed by atoms with Crippen molar-refractivity contribution in [3.05, 3.63) is 42.6 Å². The third kappa shape index (κ3) is 3.63. The number of hydrogen-bond donors (Lipinski definition) is 1. The maximum absolute atomic E-state index is 12.2. The van der Waals surface area contributed by atoms with E-state index in [0.29, 0.717) is 0 Å². The fourth-order valence-corrected chi connectivity index (χ4v) is 2.70. The van der Waals surface area contributed by atoms with Crippen LogP contribution in [0.3, 0.4) is 0 Å². The van der Waals surface area contributed by atoms with Gasteiger partial charge >= 0.3 is 0 Å². The van der Waals surface area contributed by atoms with Crippen molar-refractivity contribution in [1.29, 1.82) is 0 Å². The van der Waals surface area contributed by atoms with Crippen LogP contribution in [0.2, 0.25) is 0 Å². The lowest BCUT2D eigenvalue weighted by molar-refractivity contribution is -0.115. The lowest BCUT2D eigenvalue weighted by atomic mass is 10.4. The van der Waals surface area contributed by atoms with Crippen molar-refractivity contribution in [2.24, 2.45) is 0 Å². The summed E-state index contributed by atoms with van der Waals surface area (Å²) in [6, 6.07) is 12.0. The lowest BCUT2D eigenvalue weighted by Crippen LogP contribution is -2.24. The summed E-state index contributed by atoms with van der Waals surface area (Å²) in [5.41, 5.74) is 0. The summed E-state index contributed by atoms with van der Waals surface area (Å²) in [5, 5.41) is 6.98. The molecule has 1 amide bonds. The van der Waals surface area contributed by atoms with Crippen LogP contribution in [-0.2, 0) is 4.79 Å². The molecule has 0 radical (unpaired) electrons. The molecule has 1 aromatic carbocycles. The van der Waals surface area contributed by atoms with Gasteiger partial charge in [0.2, 0.25) is 5.91 Å². The van der Waals surface area contributed by atoms with Crippen molar-refractivity contribution in [1.82, 2.24) is 9.78 Å². The Bertz CT molecular complexity index is 566. The number of carbonyl (C=O) groups is 1. The van der Waals surface area contributed by atoms with Gasteiger partial charge in [-0.05, 0) is 32.9 Å². The molecule has 0 saturated heterocycles. The number of nitrogens with zero attached hydrogens (tertiary/aromatic N) is 2. The van der Waals surface area contributed by atoms with E-state index in [9.17, 15) is 4.79 Å². The highest BCUT2D eigenvalue weighted by Gasteiger charge is 2.16. The fourth-order valence-electron chi connectivity index (χ4n) is 1.81. The first kappa shape index (κ1) is 14.7. The van der Waals surface area contributed by atoms with Gasteiger partial charge in [-0.25, -0.2) is 4.68 Å². The quantitative estimate of drug-likeness (QED) is 0.856. The second-order valence-electron chi connectivity index (χ2n) is 4.82. The third-order valence-corrected chi connectivity index (χ3v) is 3.95. The molecule has 2 aromatic rings. The first-order chi connectivity index (χ1) is 9.58. The smallest absolute Gasteiger partial charge is 0.238 e. The SMILES string of the molecule is CC(C)n1nccc1NC(=O)[C@H](C)Sc1ccccc1. The van der Waals surface area contributed by atoms with E-state index in [1.807, 2.05) is 57.2 Å². The average molecular weight is 289 g/mol. The van der Waals surface area contributed by atoms with Gasteiger partial charge in [-0.1, -0.05) is 18.2 Å². The Hall–Kier alpha value is -1.75. The minimum Gasteiger partial charge on any atom is -0.310 e. The summed E-state index contributed by atoms with van der Waals surface area (Å²) in [6.07, 6.45) is 1.70. The fraction of sp³-hybridized carbons (Fsp3) is 0.333. The molecule has 1 N–H and O–H groups in total. The highest BCUT2D eigenvalue weighted by atomic mass is 32.2. The first-order valence-electron chi connectivity index (χ1n) is 6.64. The normalized spacial score (nSPS) is 12.4. The number of benzene rings is 1. The van der Waals surface area contributed by atoms with Crippen LogP contribution >= 0.6 is 11.8 Å². The van der Waals surface area contributed by atoms with E-state index in [2.05, 4.69) is 10.4 Å². The molecule has 0 aliphatic heterocycles. The molecule has 5 heteroatoms. The Morgan fingerprint density at radius 1 is 1.20 bits per heavy atom. The molecule has 1 atom stereocenters. The molecule has 4 nitrogen and oxygen atoms in total. The van der Waals surface area contributed by atoms with Crippen LogP contribution in [0.25, 0.3) is 0 Å². The highest BCUT2D eigenvalue weighted by molar-refractivity contribution is 8.00. The van der Waals surface area contributed by atoms with Gasteiger partial charge in [0.15, 0.2) is 0 Å². The summed E-state index contributed by atoms with van der Waals surface area (Å²) in [5.74, 6) is 0.728. The molecule has 0 fully saturated rings. The van der Waals surface area contributed by atoms with Gasteiger partial charge in [0.05, 0.1) is 11.4 Å². The van der Waals surface area contributed by atoms with Crippen LogP contribution in [0.1, 0.15) is 26.8 Å². The lowest BCUT2D eigenvalue weighted by Gasteiger charge is -2.14. The molecule has 0 saturated carbocycles. The number of anilines is 1. The molecular weight excluding hydrogens is 270 g/mol. The predicted octanol–water partition coefficient (Wildman–Crippen LogP) is 3.58. The number of hydrogen-bond acceptors (Lipinski definition) is 3. The zero-order chi connectivity index (χ0) is 14.5. The summed E-state index contributed by atoms with van der Waals surface area (Å²) in [4.78, 5) is 13.3. The zero-order valence-corrected chi connectivity index (χ0v) is 12.7. The van der Waals surface area contributed by atoms with E-state index >= 15 is 0 Å². The van der Waals surface area contributed by atoms with E-state index in [0.717, 1.165) is 10.7 Å². The molecule has 0 unspecified atom stereocenters. The van der Waals surface area contributed by atoms with Crippen molar-refractivity contribution >= 4 is 23.5 Å². The molecule has 0 aliphatic carbocycles. The molecule has 20 heavy (non-hydrogen) atoms. The Morgan fingerprint density at radius 2 is 1.90 bits per heavy atom. The van der Waals surface area contributed by atoms with Crippen molar-refractivity contribution in [3.8, 4) is 0 Å². The number of aromatic nitrogens is 2. The molecular formula is C15H19N3OS. The Kier molecular flexibility index (Phi) is 4.84. The van der Waals surface area contributed by atoms with Crippen LogP contribution in [0.4, 0.5) is 5.82 Å². The van der Waals surface area contributed by atoms with Crippen LogP contribution in [0.5, 0.6) is 0 Å². The molecule has 0 aliphatic rings. The molecule has 1 heterocycles. The standard InChI is InChI=1S/C15H19N3OS/c1-11(2)18-14(9-10-16-18)17-15(19)12(3)20-13-7-5-4-6-8-13/h4-12H,1-3H3,(H,17,19)/t12-/m0/s1. The number of amides is 1. The topological polar surface area (TPSA) is 46.9 Å². The van der Waals surface area contributed by atoms with Gasteiger partial charge in [-0.2, -0.15) is 5.10 Å². The maximum Gasteiger partial charge on any atom is 0.238 e. The molecule has 1 aromatic heterocycles. The molecule has 2 rings (SSSR count). The van der Waals surface area contributed by atoms with Crippen LogP contribution < -0.4 is 5.32 Å². The summed E-state index contributed by atoms with van der Waals surface area (Å²) in [6.45, 7) is 5.97. The maximum atomic E-state index is 12.2. The number of thioether (sulfide) groups is 1. The van der Waals surface area contributed by atoms with Gasteiger partial charge < -0.3 is 5.32 Å². The highest BCUT2D eigenvalue weighted by Crippen LogP contribution is 2.24. The van der Waals surface area contributed by atoms with E-state index in [-0.39, 0.29) is 17.2 Å². The summed E-state index contributed by atoms with van der Waals surface area (Å²) in [7, 11) is 0.